The number of carbonyl (C=O) groups excluding carboxylic acids is 2. The van der Waals surface area contributed by atoms with Crippen LogP contribution in [-0.2, 0) is 19.1 Å². The summed E-state index contributed by atoms with van der Waals surface area (Å²) in [6.07, 6.45) is 1.95. The molecule has 1 unspecified atom stereocenters. The first kappa shape index (κ1) is 14.9. The van der Waals surface area contributed by atoms with E-state index >= 15 is 0 Å². The maximum Gasteiger partial charge on any atom is 0.322 e. The van der Waals surface area contributed by atoms with Gasteiger partial charge in [-0.05, 0) is 25.8 Å². The Morgan fingerprint density at radius 1 is 1.31 bits per heavy atom. The molecule has 0 radical (unpaired) electrons. The van der Waals surface area contributed by atoms with E-state index in [4.69, 9.17) is 16.2 Å². The van der Waals surface area contributed by atoms with Crippen LogP contribution in [0.3, 0.4) is 0 Å². The molecular formula is C10H20N2O4. The maximum atomic E-state index is 11.2. The molecule has 0 fully saturated rings. The van der Waals surface area contributed by atoms with Crippen molar-refractivity contribution >= 4 is 11.9 Å². The smallest absolute Gasteiger partial charge is 0.322 e. The summed E-state index contributed by atoms with van der Waals surface area (Å²) < 4.78 is 9.33. The van der Waals surface area contributed by atoms with Crippen LogP contribution in [0.4, 0.5) is 0 Å². The highest BCUT2D eigenvalue weighted by molar-refractivity contribution is 5.76. The van der Waals surface area contributed by atoms with Gasteiger partial charge in [0.15, 0.2) is 0 Å². The molecule has 0 aliphatic heterocycles. The molecule has 6 heteroatoms. The third-order valence-electron chi connectivity index (χ3n) is 2.02. The van der Waals surface area contributed by atoms with Gasteiger partial charge in [-0.15, -0.1) is 0 Å². The van der Waals surface area contributed by atoms with E-state index < -0.39 is 12.0 Å². The van der Waals surface area contributed by atoms with Crippen molar-refractivity contribution in [2.45, 2.75) is 31.7 Å². The van der Waals surface area contributed by atoms with E-state index in [9.17, 15) is 9.59 Å². The highest BCUT2D eigenvalue weighted by Crippen LogP contribution is 1.99. The van der Waals surface area contributed by atoms with Gasteiger partial charge in [0.1, 0.15) is 6.04 Å². The van der Waals surface area contributed by atoms with Crippen molar-refractivity contribution in [2.24, 2.45) is 11.5 Å². The quantitative estimate of drug-likeness (QED) is 0.434. The average Bonchev–Trinajstić information content (AvgIpc) is 2.30. The van der Waals surface area contributed by atoms with Crippen LogP contribution in [0.25, 0.3) is 0 Å². The number of methoxy groups -OCH3 is 1. The zero-order chi connectivity index (χ0) is 12.4. The first-order chi connectivity index (χ1) is 7.61. The first-order valence-electron chi connectivity index (χ1n) is 5.31. The molecule has 6 nitrogen and oxygen atoms in total. The van der Waals surface area contributed by atoms with Gasteiger partial charge in [0.25, 0.3) is 0 Å². The maximum absolute atomic E-state index is 11.2. The van der Waals surface area contributed by atoms with Gasteiger partial charge >= 0.3 is 11.9 Å². The Labute approximate surface area is 95.3 Å². The van der Waals surface area contributed by atoms with Crippen LogP contribution in [0, 0.1) is 0 Å². The van der Waals surface area contributed by atoms with Crippen molar-refractivity contribution in [3.63, 3.8) is 0 Å². The van der Waals surface area contributed by atoms with Gasteiger partial charge in [-0.25, -0.2) is 0 Å². The molecule has 0 aliphatic carbocycles. The van der Waals surface area contributed by atoms with Gasteiger partial charge in [-0.1, -0.05) is 0 Å². The molecule has 1 atom stereocenters. The number of rotatable bonds is 8. The lowest BCUT2D eigenvalue weighted by atomic mass is 10.2. The number of carbonyl (C=O) groups is 2. The second-order valence-electron chi connectivity index (χ2n) is 3.38. The van der Waals surface area contributed by atoms with Crippen molar-refractivity contribution in [2.75, 3.05) is 20.3 Å². The van der Waals surface area contributed by atoms with Gasteiger partial charge in [0.05, 0.1) is 13.7 Å². The molecule has 0 aromatic rings. The summed E-state index contributed by atoms with van der Waals surface area (Å²) in [6, 6.07) is -0.762. The summed E-state index contributed by atoms with van der Waals surface area (Å²) in [5, 5.41) is 0. The minimum Gasteiger partial charge on any atom is -0.468 e. The summed E-state index contributed by atoms with van der Waals surface area (Å²) >= 11 is 0. The van der Waals surface area contributed by atoms with Crippen LogP contribution >= 0.6 is 0 Å². The standard InChI is InChI=1S/C10H20N2O4/c1-15-10(14)8(12)4-5-9(13)16-7-3-2-6-11/h8H,2-7,11-12H2,1H3. The fourth-order valence-corrected chi connectivity index (χ4v) is 1.05. The fraction of sp³-hybridized carbons (Fsp3) is 0.800. The van der Waals surface area contributed by atoms with Crippen molar-refractivity contribution in [3.05, 3.63) is 0 Å². The molecule has 0 rings (SSSR count). The number of nitrogens with two attached hydrogens (primary N) is 2. The molecule has 0 aromatic heterocycles. The minimum absolute atomic E-state index is 0.124. The van der Waals surface area contributed by atoms with E-state index in [1.54, 1.807) is 0 Å². The summed E-state index contributed by atoms with van der Waals surface area (Å²) in [4.78, 5) is 22.1. The van der Waals surface area contributed by atoms with Gasteiger partial charge < -0.3 is 20.9 Å². The Balaban J connectivity index is 3.53. The van der Waals surface area contributed by atoms with E-state index in [0.717, 1.165) is 12.8 Å². The van der Waals surface area contributed by atoms with Gasteiger partial charge in [0, 0.05) is 6.42 Å². The molecule has 0 heterocycles. The first-order valence-corrected chi connectivity index (χ1v) is 5.31. The van der Waals surface area contributed by atoms with Crippen LogP contribution in [0.15, 0.2) is 0 Å². The Hall–Kier alpha value is -1.14. The monoisotopic (exact) mass is 232 g/mol. The Kier molecular flexibility index (Phi) is 8.46. The summed E-state index contributed by atoms with van der Waals surface area (Å²) in [7, 11) is 1.26. The molecular weight excluding hydrogens is 212 g/mol. The summed E-state index contributed by atoms with van der Waals surface area (Å²) in [6.45, 7) is 0.953. The summed E-state index contributed by atoms with van der Waals surface area (Å²) in [5.41, 5.74) is 10.7. The van der Waals surface area contributed by atoms with Crippen LogP contribution < -0.4 is 11.5 Å². The van der Waals surface area contributed by atoms with E-state index in [0.29, 0.717) is 13.2 Å². The molecule has 0 aliphatic rings. The number of hydrogen-bond donors (Lipinski definition) is 2. The number of esters is 2. The molecule has 94 valence electrons. The van der Waals surface area contributed by atoms with Crippen LogP contribution in [0.1, 0.15) is 25.7 Å². The van der Waals surface area contributed by atoms with Crippen molar-refractivity contribution in [3.8, 4) is 0 Å². The zero-order valence-corrected chi connectivity index (χ0v) is 9.61. The fourth-order valence-electron chi connectivity index (χ4n) is 1.05. The van der Waals surface area contributed by atoms with Crippen molar-refractivity contribution in [1.82, 2.24) is 0 Å². The predicted molar refractivity (Wildman–Crippen MR) is 58.5 cm³/mol. The second kappa shape index (κ2) is 9.11. The topological polar surface area (TPSA) is 105 Å². The van der Waals surface area contributed by atoms with Crippen molar-refractivity contribution < 1.29 is 19.1 Å². The van der Waals surface area contributed by atoms with E-state index in [-0.39, 0.29) is 18.8 Å². The molecule has 16 heavy (non-hydrogen) atoms. The second-order valence-corrected chi connectivity index (χ2v) is 3.38. The largest absolute Gasteiger partial charge is 0.468 e. The van der Waals surface area contributed by atoms with Crippen molar-refractivity contribution in [1.29, 1.82) is 0 Å². The SMILES string of the molecule is COC(=O)C(N)CCC(=O)OCCCCN. The van der Waals surface area contributed by atoms with Gasteiger partial charge in [-0.2, -0.15) is 0 Å². The highest BCUT2D eigenvalue weighted by Gasteiger charge is 2.15. The average molecular weight is 232 g/mol. The normalized spacial score (nSPS) is 11.9. The zero-order valence-electron chi connectivity index (χ0n) is 9.61. The van der Waals surface area contributed by atoms with Crippen LogP contribution in [-0.4, -0.2) is 38.2 Å². The lowest BCUT2D eigenvalue weighted by molar-refractivity contribution is -0.145. The van der Waals surface area contributed by atoms with Gasteiger partial charge in [-0.3, -0.25) is 9.59 Å². The lowest BCUT2D eigenvalue weighted by Gasteiger charge is -2.08. The van der Waals surface area contributed by atoms with E-state index in [1.165, 1.54) is 7.11 Å². The Morgan fingerprint density at radius 3 is 2.56 bits per heavy atom. The minimum atomic E-state index is -0.762. The molecule has 0 saturated carbocycles. The van der Waals surface area contributed by atoms with Crippen LogP contribution in [0.2, 0.25) is 0 Å². The summed E-state index contributed by atoms with van der Waals surface area (Å²) in [5.74, 6) is -0.868. The highest BCUT2D eigenvalue weighted by atomic mass is 16.5. The Morgan fingerprint density at radius 2 is 2.00 bits per heavy atom. The molecule has 0 amide bonds. The van der Waals surface area contributed by atoms with E-state index in [1.807, 2.05) is 0 Å². The molecule has 0 spiro atoms. The lowest BCUT2D eigenvalue weighted by Crippen LogP contribution is -2.32. The molecule has 0 saturated heterocycles. The van der Waals surface area contributed by atoms with E-state index in [2.05, 4.69) is 4.74 Å². The van der Waals surface area contributed by atoms with Crippen LogP contribution in [0.5, 0.6) is 0 Å². The molecule has 4 N–H and O–H groups in total. The number of hydrogen-bond acceptors (Lipinski definition) is 6. The number of unbranched alkanes of at least 4 members (excludes halogenated alkanes) is 1. The third kappa shape index (κ3) is 7.19. The number of ether oxygens (including phenoxy) is 2. The molecule has 0 bridgehead atoms. The predicted octanol–water partition coefficient (Wildman–Crippen LogP) is -0.451. The van der Waals surface area contributed by atoms with Gasteiger partial charge in [0.2, 0.25) is 0 Å². The Bertz CT molecular complexity index is 221. The third-order valence-corrected chi connectivity index (χ3v) is 2.02. The molecule has 0 aromatic carbocycles.